The van der Waals surface area contributed by atoms with Crippen molar-refractivity contribution in [2.24, 2.45) is 5.73 Å². The van der Waals surface area contributed by atoms with Crippen LogP contribution in [0.5, 0.6) is 0 Å². The molecule has 2 aromatic rings. The lowest BCUT2D eigenvalue weighted by Crippen LogP contribution is -2.32. The van der Waals surface area contributed by atoms with Gasteiger partial charge in [0.2, 0.25) is 0 Å². The predicted molar refractivity (Wildman–Crippen MR) is 80.7 cm³/mol. The monoisotopic (exact) mass is 258 g/mol. The van der Waals surface area contributed by atoms with E-state index in [1.54, 1.807) is 6.07 Å². The number of fused-ring (bicyclic) bond motifs is 1. The molecule has 2 N–H and O–H groups in total. The van der Waals surface area contributed by atoms with E-state index < -0.39 is 0 Å². The topological polar surface area (TPSA) is 48.0 Å². The van der Waals surface area contributed by atoms with Crippen molar-refractivity contribution >= 4 is 10.9 Å². The number of aryl methyl sites for hydroxylation is 3. The van der Waals surface area contributed by atoms with Crippen LogP contribution in [0, 0.1) is 20.8 Å². The van der Waals surface area contributed by atoms with Gasteiger partial charge in [0, 0.05) is 24.0 Å². The van der Waals surface area contributed by atoms with Crippen LogP contribution in [0.1, 0.15) is 30.0 Å². The Labute approximate surface area is 114 Å². The zero-order valence-electron chi connectivity index (χ0n) is 12.2. The van der Waals surface area contributed by atoms with Gasteiger partial charge in [0.1, 0.15) is 0 Å². The Bertz CT molecular complexity index is 670. The maximum atomic E-state index is 12.2. The fourth-order valence-corrected chi connectivity index (χ4v) is 2.61. The Morgan fingerprint density at radius 1 is 1.16 bits per heavy atom. The molecule has 0 aliphatic rings. The molecule has 0 spiro atoms. The third-order valence-electron chi connectivity index (χ3n) is 3.69. The van der Waals surface area contributed by atoms with Gasteiger partial charge in [-0.05, 0) is 44.4 Å². The zero-order chi connectivity index (χ0) is 14.2. The number of benzene rings is 1. The van der Waals surface area contributed by atoms with Gasteiger partial charge in [0.15, 0.2) is 0 Å². The van der Waals surface area contributed by atoms with Gasteiger partial charge in [-0.1, -0.05) is 18.6 Å². The summed E-state index contributed by atoms with van der Waals surface area (Å²) in [4.78, 5) is 12.2. The maximum Gasteiger partial charge on any atom is 0.251 e. The van der Waals surface area contributed by atoms with Gasteiger partial charge in [0.05, 0.1) is 5.52 Å². The largest absolute Gasteiger partial charge is 0.326 e. The molecule has 1 heterocycles. The molecule has 0 bridgehead atoms. The van der Waals surface area contributed by atoms with Gasteiger partial charge >= 0.3 is 0 Å². The van der Waals surface area contributed by atoms with E-state index in [1.165, 1.54) is 5.56 Å². The van der Waals surface area contributed by atoms with E-state index in [-0.39, 0.29) is 11.6 Å². The summed E-state index contributed by atoms with van der Waals surface area (Å²) in [6.45, 7) is 8.76. The van der Waals surface area contributed by atoms with Crippen molar-refractivity contribution in [1.29, 1.82) is 0 Å². The zero-order valence-corrected chi connectivity index (χ0v) is 12.2. The first kappa shape index (κ1) is 13.8. The number of aromatic nitrogens is 1. The van der Waals surface area contributed by atoms with Gasteiger partial charge in [0.25, 0.3) is 5.56 Å². The molecule has 1 aromatic carbocycles. The van der Waals surface area contributed by atoms with Crippen LogP contribution >= 0.6 is 0 Å². The van der Waals surface area contributed by atoms with Crippen molar-refractivity contribution in [1.82, 2.24) is 4.57 Å². The van der Waals surface area contributed by atoms with Crippen molar-refractivity contribution in [2.45, 2.75) is 46.7 Å². The molecule has 1 aromatic heterocycles. The first-order chi connectivity index (χ1) is 8.93. The summed E-state index contributed by atoms with van der Waals surface area (Å²) in [7, 11) is 0. The van der Waals surface area contributed by atoms with E-state index in [1.807, 2.05) is 18.4 Å². The molecule has 0 amide bonds. The second kappa shape index (κ2) is 5.17. The summed E-state index contributed by atoms with van der Waals surface area (Å²) in [6.07, 6.45) is 0.868. The standard InChI is InChI=1S/C16H22N2O/c1-5-13(17)9-18-15(19)8-11(3)14-7-10(2)6-12(4)16(14)18/h6-8,13H,5,9,17H2,1-4H3. The first-order valence-corrected chi connectivity index (χ1v) is 6.81. The molecule has 1 atom stereocenters. The molecule has 0 aliphatic heterocycles. The Morgan fingerprint density at radius 2 is 1.84 bits per heavy atom. The third-order valence-corrected chi connectivity index (χ3v) is 3.69. The number of rotatable bonds is 3. The Morgan fingerprint density at radius 3 is 2.47 bits per heavy atom. The molecule has 19 heavy (non-hydrogen) atoms. The molecule has 0 saturated carbocycles. The quantitative estimate of drug-likeness (QED) is 0.920. The van der Waals surface area contributed by atoms with Crippen molar-refractivity contribution in [3.05, 3.63) is 45.2 Å². The minimum Gasteiger partial charge on any atom is -0.326 e. The molecule has 0 fully saturated rings. The van der Waals surface area contributed by atoms with Gasteiger partial charge in [-0.3, -0.25) is 4.79 Å². The minimum absolute atomic E-state index is 0.0179. The Kier molecular flexibility index (Phi) is 3.76. The molecule has 3 heteroatoms. The fourth-order valence-electron chi connectivity index (χ4n) is 2.61. The predicted octanol–water partition coefficient (Wildman–Crippen LogP) is 2.66. The van der Waals surface area contributed by atoms with Crippen molar-refractivity contribution in [3.63, 3.8) is 0 Å². The van der Waals surface area contributed by atoms with Crippen LogP contribution in [0.25, 0.3) is 10.9 Å². The molecular formula is C16H22N2O. The number of nitrogens with two attached hydrogens (primary N) is 1. The van der Waals surface area contributed by atoms with Crippen LogP contribution in [-0.4, -0.2) is 10.6 Å². The van der Waals surface area contributed by atoms with Gasteiger partial charge < -0.3 is 10.3 Å². The normalized spacial score (nSPS) is 12.9. The van der Waals surface area contributed by atoms with E-state index in [2.05, 4.69) is 26.0 Å². The van der Waals surface area contributed by atoms with Crippen LogP contribution in [-0.2, 0) is 6.54 Å². The summed E-state index contributed by atoms with van der Waals surface area (Å²) in [6, 6.07) is 5.99. The van der Waals surface area contributed by atoms with E-state index in [4.69, 9.17) is 5.73 Å². The number of hydrogen-bond donors (Lipinski definition) is 1. The van der Waals surface area contributed by atoms with Gasteiger partial charge in [-0.25, -0.2) is 0 Å². The number of hydrogen-bond acceptors (Lipinski definition) is 2. The number of pyridine rings is 1. The van der Waals surface area contributed by atoms with Gasteiger partial charge in [-0.2, -0.15) is 0 Å². The first-order valence-electron chi connectivity index (χ1n) is 6.81. The van der Waals surface area contributed by atoms with Gasteiger partial charge in [-0.15, -0.1) is 0 Å². The van der Waals surface area contributed by atoms with E-state index in [9.17, 15) is 4.79 Å². The highest BCUT2D eigenvalue weighted by Crippen LogP contribution is 2.22. The summed E-state index contributed by atoms with van der Waals surface area (Å²) < 4.78 is 1.82. The summed E-state index contributed by atoms with van der Waals surface area (Å²) in [5, 5.41) is 1.15. The number of nitrogens with zero attached hydrogens (tertiary/aromatic N) is 1. The summed E-state index contributed by atoms with van der Waals surface area (Å²) >= 11 is 0. The van der Waals surface area contributed by atoms with Crippen molar-refractivity contribution in [3.8, 4) is 0 Å². The Balaban J connectivity index is 2.79. The summed E-state index contributed by atoms with van der Waals surface area (Å²) in [5.74, 6) is 0. The summed E-state index contributed by atoms with van der Waals surface area (Å²) in [5.41, 5.74) is 10.5. The molecule has 2 rings (SSSR count). The average Bonchev–Trinajstić information content (AvgIpc) is 2.34. The SMILES string of the molecule is CCC(N)Cn1c(=O)cc(C)c2cc(C)cc(C)c21. The molecule has 0 saturated heterocycles. The van der Waals surface area contributed by atoms with Crippen LogP contribution in [0.2, 0.25) is 0 Å². The third kappa shape index (κ3) is 2.56. The van der Waals surface area contributed by atoms with Crippen molar-refractivity contribution in [2.75, 3.05) is 0 Å². The Hall–Kier alpha value is -1.61. The maximum absolute atomic E-state index is 12.2. The van der Waals surface area contributed by atoms with E-state index in [0.717, 1.165) is 28.5 Å². The second-order valence-corrected chi connectivity index (χ2v) is 5.42. The molecule has 1 unspecified atom stereocenters. The minimum atomic E-state index is 0.0179. The van der Waals surface area contributed by atoms with Crippen LogP contribution < -0.4 is 11.3 Å². The van der Waals surface area contributed by atoms with Crippen LogP contribution in [0.4, 0.5) is 0 Å². The molecular weight excluding hydrogens is 236 g/mol. The van der Waals surface area contributed by atoms with Crippen molar-refractivity contribution < 1.29 is 0 Å². The lowest BCUT2D eigenvalue weighted by Gasteiger charge is -2.17. The van der Waals surface area contributed by atoms with Crippen LogP contribution in [0.15, 0.2) is 23.0 Å². The second-order valence-electron chi connectivity index (χ2n) is 5.42. The lowest BCUT2D eigenvalue weighted by atomic mass is 10.0. The fraction of sp³-hybridized carbons (Fsp3) is 0.438. The van der Waals surface area contributed by atoms with E-state index in [0.29, 0.717) is 6.54 Å². The van der Waals surface area contributed by atoms with Crippen LogP contribution in [0.3, 0.4) is 0 Å². The highest BCUT2D eigenvalue weighted by molar-refractivity contribution is 5.86. The smallest absolute Gasteiger partial charge is 0.251 e. The highest BCUT2D eigenvalue weighted by Gasteiger charge is 2.11. The molecule has 0 radical (unpaired) electrons. The molecule has 3 nitrogen and oxygen atoms in total. The van der Waals surface area contributed by atoms with E-state index >= 15 is 0 Å². The molecule has 0 aliphatic carbocycles. The lowest BCUT2D eigenvalue weighted by molar-refractivity contribution is 0.538. The molecule has 102 valence electrons. The average molecular weight is 258 g/mol. The highest BCUT2D eigenvalue weighted by atomic mass is 16.1.